The van der Waals surface area contributed by atoms with Crippen molar-refractivity contribution < 1.29 is 9.13 Å². The molecule has 0 spiro atoms. The minimum Gasteiger partial charge on any atom is -0.374 e. The van der Waals surface area contributed by atoms with Gasteiger partial charge in [0.25, 0.3) is 0 Å². The minimum atomic E-state index is -0.267. The number of ether oxygens (including phenoxy) is 1. The van der Waals surface area contributed by atoms with Crippen LogP contribution < -0.4 is 5.32 Å². The molecule has 0 bridgehead atoms. The molecule has 18 heavy (non-hydrogen) atoms. The third-order valence-electron chi connectivity index (χ3n) is 3.04. The summed E-state index contributed by atoms with van der Waals surface area (Å²) in [7, 11) is 2.08. The van der Waals surface area contributed by atoms with Crippen molar-refractivity contribution in [1.82, 2.24) is 10.2 Å². The highest BCUT2D eigenvalue weighted by atomic mass is 35.5. The van der Waals surface area contributed by atoms with Crippen molar-refractivity contribution in [2.24, 2.45) is 0 Å². The number of halogens is 2. The molecular formula is C13H18ClFN2O. The van der Waals surface area contributed by atoms with Crippen molar-refractivity contribution in [3.63, 3.8) is 0 Å². The van der Waals surface area contributed by atoms with Gasteiger partial charge in [0.2, 0.25) is 0 Å². The van der Waals surface area contributed by atoms with Gasteiger partial charge in [-0.2, -0.15) is 0 Å². The van der Waals surface area contributed by atoms with Crippen LogP contribution in [-0.4, -0.2) is 44.3 Å². The Morgan fingerprint density at radius 2 is 2.39 bits per heavy atom. The second kappa shape index (κ2) is 6.48. The second-order valence-corrected chi connectivity index (χ2v) is 5.06. The maximum atomic E-state index is 13.5. The number of hydrogen-bond donors (Lipinski definition) is 1. The van der Waals surface area contributed by atoms with Crippen molar-refractivity contribution in [3.05, 3.63) is 34.6 Å². The van der Waals surface area contributed by atoms with Gasteiger partial charge in [-0.3, -0.25) is 0 Å². The molecule has 3 nitrogen and oxygen atoms in total. The molecule has 1 aromatic carbocycles. The van der Waals surface area contributed by atoms with Gasteiger partial charge in [-0.05, 0) is 19.2 Å². The molecule has 1 N–H and O–H groups in total. The number of rotatable bonds is 4. The fourth-order valence-corrected chi connectivity index (χ4v) is 2.18. The zero-order valence-corrected chi connectivity index (χ0v) is 11.2. The lowest BCUT2D eigenvalue weighted by atomic mass is 10.2. The van der Waals surface area contributed by atoms with Crippen molar-refractivity contribution in [2.45, 2.75) is 12.6 Å². The first kappa shape index (κ1) is 13.7. The lowest BCUT2D eigenvalue weighted by molar-refractivity contribution is -0.0182. The second-order valence-electron chi connectivity index (χ2n) is 4.62. The molecular weight excluding hydrogens is 255 g/mol. The molecule has 5 heteroatoms. The van der Waals surface area contributed by atoms with Crippen LogP contribution in [0.2, 0.25) is 5.02 Å². The molecule has 1 aromatic rings. The van der Waals surface area contributed by atoms with Crippen LogP contribution in [0.3, 0.4) is 0 Å². The number of benzene rings is 1. The molecule has 1 aliphatic heterocycles. The van der Waals surface area contributed by atoms with Crippen LogP contribution in [0.4, 0.5) is 4.39 Å². The number of likely N-dealkylation sites (N-methyl/N-ethyl adjacent to an activating group) is 1. The van der Waals surface area contributed by atoms with Crippen LogP contribution in [0.15, 0.2) is 18.2 Å². The van der Waals surface area contributed by atoms with E-state index < -0.39 is 0 Å². The number of morpholine rings is 1. The first-order chi connectivity index (χ1) is 8.65. The number of nitrogens with zero attached hydrogens (tertiary/aromatic N) is 1. The normalized spacial score (nSPS) is 21.2. The molecule has 1 saturated heterocycles. The summed E-state index contributed by atoms with van der Waals surface area (Å²) in [6.07, 6.45) is 0.180. The van der Waals surface area contributed by atoms with Crippen molar-refractivity contribution in [1.29, 1.82) is 0 Å². The first-order valence-electron chi connectivity index (χ1n) is 6.10. The van der Waals surface area contributed by atoms with Gasteiger partial charge in [0.15, 0.2) is 0 Å². The van der Waals surface area contributed by atoms with E-state index in [2.05, 4.69) is 17.3 Å². The van der Waals surface area contributed by atoms with Gasteiger partial charge < -0.3 is 15.0 Å². The van der Waals surface area contributed by atoms with Gasteiger partial charge in [-0.1, -0.05) is 17.7 Å². The summed E-state index contributed by atoms with van der Waals surface area (Å²) in [5.41, 5.74) is 0.628. The SMILES string of the molecule is CN1CCOC(CNCc2ccc(Cl)cc2F)C1. The Labute approximate surface area is 112 Å². The monoisotopic (exact) mass is 272 g/mol. The van der Waals surface area contributed by atoms with E-state index in [9.17, 15) is 4.39 Å². The Balaban J connectivity index is 1.77. The standard InChI is InChI=1S/C13H18ClFN2O/c1-17-4-5-18-12(9-17)8-16-7-10-2-3-11(14)6-13(10)15/h2-3,6,12,16H,4-5,7-9H2,1H3. The highest BCUT2D eigenvalue weighted by Gasteiger charge is 2.17. The average molecular weight is 273 g/mol. The molecule has 1 unspecified atom stereocenters. The zero-order valence-electron chi connectivity index (χ0n) is 10.5. The van der Waals surface area contributed by atoms with Crippen LogP contribution in [0.25, 0.3) is 0 Å². The highest BCUT2D eigenvalue weighted by molar-refractivity contribution is 6.30. The van der Waals surface area contributed by atoms with Gasteiger partial charge in [-0.15, -0.1) is 0 Å². The van der Waals surface area contributed by atoms with E-state index in [0.29, 0.717) is 17.1 Å². The minimum absolute atomic E-state index is 0.180. The predicted molar refractivity (Wildman–Crippen MR) is 70.4 cm³/mol. The maximum absolute atomic E-state index is 13.5. The summed E-state index contributed by atoms with van der Waals surface area (Å²) in [5, 5.41) is 3.64. The quantitative estimate of drug-likeness (QED) is 0.906. The average Bonchev–Trinajstić information content (AvgIpc) is 2.32. The Hall–Kier alpha value is -0.680. The molecule has 0 aliphatic carbocycles. The van der Waals surface area contributed by atoms with Gasteiger partial charge in [0, 0.05) is 36.8 Å². The molecule has 1 aliphatic rings. The van der Waals surface area contributed by atoms with E-state index >= 15 is 0 Å². The Bertz CT molecular complexity index is 403. The lowest BCUT2D eigenvalue weighted by Gasteiger charge is -2.30. The van der Waals surface area contributed by atoms with Gasteiger partial charge >= 0.3 is 0 Å². The molecule has 1 fully saturated rings. The molecule has 0 aromatic heterocycles. The first-order valence-corrected chi connectivity index (χ1v) is 6.48. The highest BCUT2D eigenvalue weighted by Crippen LogP contribution is 2.14. The third kappa shape index (κ3) is 3.92. The van der Waals surface area contributed by atoms with E-state index in [4.69, 9.17) is 16.3 Å². The van der Waals surface area contributed by atoms with Crippen LogP contribution in [0.1, 0.15) is 5.56 Å². The number of hydrogen-bond acceptors (Lipinski definition) is 3. The van der Waals surface area contributed by atoms with Crippen molar-refractivity contribution >= 4 is 11.6 Å². The molecule has 1 heterocycles. The summed E-state index contributed by atoms with van der Waals surface area (Å²) < 4.78 is 19.1. The fourth-order valence-electron chi connectivity index (χ4n) is 2.02. The van der Waals surface area contributed by atoms with Crippen molar-refractivity contribution in [2.75, 3.05) is 33.3 Å². The van der Waals surface area contributed by atoms with E-state index in [1.54, 1.807) is 12.1 Å². The van der Waals surface area contributed by atoms with Crippen LogP contribution >= 0.6 is 11.6 Å². The van der Waals surface area contributed by atoms with Crippen LogP contribution in [-0.2, 0) is 11.3 Å². The Morgan fingerprint density at radius 3 is 3.11 bits per heavy atom. The molecule has 1 atom stereocenters. The molecule has 100 valence electrons. The van der Waals surface area contributed by atoms with E-state index in [-0.39, 0.29) is 11.9 Å². The van der Waals surface area contributed by atoms with Crippen molar-refractivity contribution in [3.8, 4) is 0 Å². The van der Waals surface area contributed by atoms with Gasteiger partial charge in [-0.25, -0.2) is 4.39 Å². The van der Waals surface area contributed by atoms with Crippen LogP contribution in [0, 0.1) is 5.82 Å². The largest absolute Gasteiger partial charge is 0.374 e. The number of nitrogens with one attached hydrogen (secondary N) is 1. The molecule has 2 rings (SSSR count). The molecule has 0 saturated carbocycles. The van der Waals surface area contributed by atoms with Gasteiger partial charge in [0.05, 0.1) is 12.7 Å². The summed E-state index contributed by atoms with van der Waals surface area (Å²) in [6, 6.07) is 4.74. The molecule has 0 amide bonds. The third-order valence-corrected chi connectivity index (χ3v) is 3.28. The molecule has 0 radical (unpaired) electrons. The van der Waals surface area contributed by atoms with Crippen LogP contribution in [0.5, 0.6) is 0 Å². The maximum Gasteiger partial charge on any atom is 0.129 e. The van der Waals surface area contributed by atoms with Gasteiger partial charge in [0.1, 0.15) is 5.82 Å². The van der Waals surface area contributed by atoms with E-state index in [1.165, 1.54) is 6.07 Å². The smallest absolute Gasteiger partial charge is 0.129 e. The fraction of sp³-hybridized carbons (Fsp3) is 0.538. The summed E-state index contributed by atoms with van der Waals surface area (Å²) in [6.45, 7) is 3.87. The van der Waals surface area contributed by atoms with E-state index in [1.807, 2.05) is 0 Å². The topological polar surface area (TPSA) is 24.5 Å². The predicted octanol–water partition coefficient (Wildman–Crippen LogP) is 1.90. The Kier molecular flexibility index (Phi) is 4.95. The zero-order chi connectivity index (χ0) is 13.0. The summed E-state index contributed by atoms with van der Waals surface area (Å²) >= 11 is 5.70. The van der Waals surface area contributed by atoms with E-state index in [0.717, 1.165) is 26.2 Å². The lowest BCUT2D eigenvalue weighted by Crippen LogP contribution is -2.44. The Morgan fingerprint density at radius 1 is 1.56 bits per heavy atom. The summed E-state index contributed by atoms with van der Waals surface area (Å²) in [5.74, 6) is -0.267. The summed E-state index contributed by atoms with van der Waals surface area (Å²) in [4.78, 5) is 2.23.